The molecule has 9 heteroatoms. The van der Waals surface area contributed by atoms with Gasteiger partial charge in [-0.1, -0.05) is 6.92 Å². The summed E-state index contributed by atoms with van der Waals surface area (Å²) in [4.78, 5) is 8.74. The molecule has 1 atom stereocenters. The molecule has 0 spiro atoms. The molecule has 3 aromatic rings. The molecule has 164 valence electrons. The monoisotopic (exact) mass is 444 g/mol. The Morgan fingerprint density at radius 1 is 1.29 bits per heavy atom. The summed E-state index contributed by atoms with van der Waals surface area (Å²) in [7, 11) is -2.42. The average molecular weight is 445 g/mol. The van der Waals surface area contributed by atoms with E-state index in [-0.39, 0.29) is 11.2 Å². The van der Waals surface area contributed by atoms with Gasteiger partial charge in [-0.15, -0.1) is 0 Å². The van der Waals surface area contributed by atoms with Crippen LogP contribution in [0.15, 0.2) is 36.7 Å². The van der Waals surface area contributed by atoms with Gasteiger partial charge in [-0.2, -0.15) is 0 Å². The van der Waals surface area contributed by atoms with Gasteiger partial charge in [-0.25, -0.2) is 18.6 Å². The zero-order chi connectivity index (χ0) is 22.2. The van der Waals surface area contributed by atoms with Crippen LogP contribution in [0, 0.1) is 18.2 Å². The number of ether oxygens (including phenoxy) is 2. The number of hydrogen-bond acceptors (Lipinski definition) is 6. The van der Waals surface area contributed by atoms with E-state index in [1.165, 1.54) is 24.7 Å². The molecule has 1 aromatic heterocycles. The van der Waals surface area contributed by atoms with Crippen molar-refractivity contribution in [1.82, 2.24) is 9.97 Å². The van der Waals surface area contributed by atoms with Crippen LogP contribution in [-0.2, 0) is 14.4 Å². The van der Waals surface area contributed by atoms with E-state index in [1.54, 1.807) is 12.1 Å². The maximum Gasteiger partial charge on any atom is 0.145 e. The summed E-state index contributed by atoms with van der Waals surface area (Å²) >= 11 is 0. The highest BCUT2D eigenvalue weighted by molar-refractivity contribution is 8.00. The van der Waals surface area contributed by atoms with E-state index in [0.29, 0.717) is 48.3 Å². The molecule has 1 aliphatic heterocycles. The highest BCUT2D eigenvalue weighted by atomic mass is 32.2. The number of anilines is 3. The van der Waals surface area contributed by atoms with E-state index < -0.39 is 9.71 Å². The molecule has 2 heterocycles. The molecule has 0 aliphatic carbocycles. The standard InChI is InChI=1S/C22H25FN4O3S/c1-14-7-16(27-31(3,4)28)9-18-20(14)21(25-13-24-18)26-17-6-5-15(23)8-19(17)30-12-22(2)10-29-11-22/h5-9,13H,3,10-12H2,1-2,4H3,(H,27,28)(H,24,25,26). The number of hydrogen-bond donors (Lipinski definition) is 2. The van der Waals surface area contributed by atoms with Gasteiger partial charge in [-0.3, -0.25) is 0 Å². The van der Waals surface area contributed by atoms with Gasteiger partial charge in [0.15, 0.2) is 0 Å². The number of fused-ring (bicyclic) bond motifs is 1. The van der Waals surface area contributed by atoms with Gasteiger partial charge in [-0.05, 0) is 42.6 Å². The topological polar surface area (TPSA) is 85.4 Å². The Kier molecular flexibility index (Phi) is 5.49. The lowest BCUT2D eigenvalue weighted by atomic mass is 9.90. The Hall–Kier alpha value is -2.91. The van der Waals surface area contributed by atoms with Crippen LogP contribution in [0.2, 0.25) is 0 Å². The fourth-order valence-electron chi connectivity index (χ4n) is 3.43. The SMILES string of the molecule is C=S(C)(=O)Nc1cc(C)c2c(Nc3ccc(F)cc3OCC3(C)COC3)ncnc2c1. The normalized spacial score (nSPS) is 16.9. The molecule has 7 nitrogen and oxygen atoms in total. The predicted octanol–water partition coefficient (Wildman–Crippen LogP) is 3.91. The van der Waals surface area contributed by atoms with E-state index in [4.69, 9.17) is 9.47 Å². The number of benzene rings is 2. The van der Waals surface area contributed by atoms with Crippen LogP contribution in [0.1, 0.15) is 12.5 Å². The smallest absolute Gasteiger partial charge is 0.145 e. The predicted molar refractivity (Wildman–Crippen MR) is 123 cm³/mol. The van der Waals surface area contributed by atoms with E-state index in [1.807, 2.05) is 13.0 Å². The first-order chi connectivity index (χ1) is 14.6. The van der Waals surface area contributed by atoms with Gasteiger partial charge in [0.2, 0.25) is 0 Å². The number of nitrogens with one attached hydrogen (secondary N) is 2. The molecule has 1 saturated heterocycles. The quantitative estimate of drug-likeness (QED) is 0.538. The van der Waals surface area contributed by atoms with E-state index in [9.17, 15) is 8.60 Å². The molecule has 1 unspecified atom stereocenters. The largest absolute Gasteiger partial charge is 0.491 e. The van der Waals surface area contributed by atoms with Crippen LogP contribution in [-0.4, -0.2) is 46.1 Å². The van der Waals surface area contributed by atoms with Crippen LogP contribution in [0.5, 0.6) is 5.75 Å². The lowest BCUT2D eigenvalue weighted by Crippen LogP contribution is -2.44. The Morgan fingerprint density at radius 2 is 2.06 bits per heavy atom. The lowest BCUT2D eigenvalue weighted by molar-refractivity contribution is -0.120. The number of halogens is 1. The third-order valence-corrected chi connectivity index (χ3v) is 5.61. The van der Waals surface area contributed by atoms with E-state index >= 15 is 0 Å². The molecule has 0 saturated carbocycles. The van der Waals surface area contributed by atoms with Gasteiger partial charge in [0.1, 0.15) is 23.7 Å². The maximum atomic E-state index is 13.9. The minimum absolute atomic E-state index is 0.0720. The Labute approximate surface area is 181 Å². The van der Waals surface area contributed by atoms with Gasteiger partial charge in [0.25, 0.3) is 0 Å². The van der Waals surface area contributed by atoms with Gasteiger partial charge < -0.3 is 19.5 Å². The second kappa shape index (κ2) is 7.97. The van der Waals surface area contributed by atoms with Crippen LogP contribution in [0.3, 0.4) is 0 Å². The number of aromatic nitrogens is 2. The summed E-state index contributed by atoms with van der Waals surface area (Å²) < 4.78 is 40.0. The summed E-state index contributed by atoms with van der Waals surface area (Å²) in [6.07, 6.45) is 2.98. The average Bonchev–Trinajstić information content (AvgIpc) is 2.65. The van der Waals surface area contributed by atoms with Gasteiger partial charge in [0, 0.05) is 38.5 Å². The fourth-order valence-corrected chi connectivity index (χ4v) is 4.04. The molecule has 1 aliphatic rings. The fraction of sp³-hybridized carbons (Fsp3) is 0.318. The Bertz CT molecular complexity index is 1240. The van der Waals surface area contributed by atoms with Crippen LogP contribution >= 0.6 is 0 Å². The molecule has 0 radical (unpaired) electrons. The van der Waals surface area contributed by atoms with Crippen molar-refractivity contribution in [3.63, 3.8) is 0 Å². The zero-order valence-corrected chi connectivity index (χ0v) is 18.5. The molecule has 0 bridgehead atoms. The van der Waals surface area contributed by atoms with Crippen molar-refractivity contribution in [2.45, 2.75) is 13.8 Å². The molecule has 2 aromatic carbocycles. The highest BCUT2D eigenvalue weighted by Crippen LogP contribution is 2.35. The summed E-state index contributed by atoms with van der Waals surface area (Å²) in [6, 6.07) is 8.01. The van der Waals surface area contributed by atoms with Crippen molar-refractivity contribution in [3.05, 3.63) is 48.0 Å². The van der Waals surface area contributed by atoms with E-state index in [2.05, 4.69) is 32.8 Å². The molecule has 2 N–H and O–H groups in total. The number of aryl methyl sites for hydroxylation is 1. The molecule has 0 amide bonds. The first-order valence-corrected chi connectivity index (χ1v) is 11.9. The molecule has 4 rings (SSSR count). The second-order valence-electron chi connectivity index (χ2n) is 8.37. The Morgan fingerprint density at radius 3 is 2.74 bits per heavy atom. The van der Waals surface area contributed by atoms with Crippen molar-refractivity contribution in [1.29, 1.82) is 0 Å². The Balaban J connectivity index is 1.67. The van der Waals surface area contributed by atoms with Crippen molar-refractivity contribution in [2.24, 2.45) is 5.41 Å². The van der Waals surface area contributed by atoms with Crippen molar-refractivity contribution in [3.8, 4) is 5.75 Å². The van der Waals surface area contributed by atoms with Crippen LogP contribution in [0.4, 0.5) is 21.6 Å². The third-order valence-electron chi connectivity index (χ3n) is 4.94. The minimum Gasteiger partial charge on any atom is -0.491 e. The van der Waals surface area contributed by atoms with Gasteiger partial charge in [0.05, 0.1) is 31.0 Å². The van der Waals surface area contributed by atoms with Crippen molar-refractivity contribution >= 4 is 43.7 Å². The molecular formula is C22H25FN4O3S. The first-order valence-electron chi connectivity index (χ1n) is 9.74. The molecule has 31 heavy (non-hydrogen) atoms. The maximum absolute atomic E-state index is 13.9. The summed E-state index contributed by atoms with van der Waals surface area (Å²) in [5.41, 5.74) is 2.75. The molecular weight excluding hydrogens is 419 g/mol. The minimum atomic E-state index is -2.42. The van der Waals surface area contributed by atoms with Crippen LogP contribution < -0.4 is 14.8 Å². The number of nitrogens with zero attached hydrogens (tertiary/aromatic N) is 2. The summed E-state index contributed by atoms with van der Waals surface area (Å²) in [5, 5.41) is 4.06. The number of rotatable bonds is 7. The summed E-state index contributed by atoms with van der Waals surface area (Å²) in [5.74, 6) is 4.21. The van der Waals surface area contributed by atoms with Gasteiger partial charge >= 0.3 is 0 Å². The molecule has 1 fully saturated rings. The third kappa shape index (κ3) is 4.88. The van der Waals surface area contributed by atoms with Crippen molar-refractivity contribution < 1.29 is 18.1 Å². The van der Waals surface area contributed by atoms with Crippen molar-refractivity contribution in [2.75, 3.05) is 36.1 Å². The van der Waals surface area contributed by atoms with Crippen LogP contribution in [0.25, 0.3) is 10.9 Å². The highest BCUT2D eigenvalue weighted by Gasteiger charge is 2.34. The zero-order valence-electron chi connectivity index (χ0n) is 17.7. The lowest BCUT2D eigenvalue weighted by Gasteiger charge is -2.37. The first kappa shape index (κ1) is 21.3. The summed E-state index contributed by atoms with van der Waals surface area (Å²) in [6.45, 7) is 5.65. The second-order valence-corrected chi connectivity index (χ2v) is 10.6. The van der Waals surface area contributed by atoms with E-state index in [0.717, 1.165) is 10.9 Å².